The monoisotopic (exact) mass is 196 g/mol. The molecule has 0 aliphatic heterocycles. The van der Waals surface area contributed by atoms with E-state index >= 15 is 0 Å². The molecule has 0 aliphatic rings. The Kier molecular flexibility index (Phi) is 5.22. The fourth-order valence-corrected chi connectivity index (χ4v) is 1.31. The van der Waals surface area contributed by atoms with Crippen molar-refractivity contribution in [3.63, 3.8) is 0 Å². The van der Waals surface area contributed by atoms with Crippen LogP contribution >= 0.6 is 0 Å². The molecule has 1 N–H and O–H groups in total. The lowest BCUT2D eigenvalue weighted by Gasteiger charge is -2.07. The van der Waals surface area contributed by atoms with Gasteiger partial charge in [-0.3, -0.25) is 4.68 Å². The van der Waals surface area contributed by atoms with Crippen molar-refractivity contribution in [2.45, 2.75) is 45.7 Å². The first-order valence-corrected chi connectivity index (χ1v) is 5.35. The standard InChI is InChI=1S/C10H20N4/c1-10(2)12-6-4-3-5-7-14-9-11-8-13-14/h8-10,12H,3-7H2,1-2H3. The fraction of sp³-hybridized carbons (Fsp3) is 0.800. The minimum atomic E-state index is 0.602. The number of hydrogen-bond donors (Lipinski definition) is 1. The van der Waals surface area contributed by atoms with E-state index in [1.165, 1.54) is 19.3 Å². The summed E-state index contributed by atoms with van der Waals surface area (Å²) in [7, 11) is 0. The van der Waals surface area contributed by atoms with E-state index in [-0.39, 0.29) is 0 Å². The lowest BCUT2D eigenvalue weighted by atomic mass is 10.2. The molecule has 1 aromatic rings. The number of rotatable bonds is 7. The number of aryl methyl sites for hydroxylation is 1. The van der Waals surface area contributed by atoms with Gasteiger partial charge in [0.1, 0.15) is 12.7 Å². The first-order valence-electron chi connectivity index (χ1n) is 5.35. The second-order valence-corrected chi connectivity index (χ2v) is 3.83. The molecule has 0 aliphatic carbocycles. The third-order valence-corrected chi connectivity index (χ3v) is 2.08. The summed E-state index contributed by atoms with van der Waals surface area (Å²) in [4.78, 5) is 3.90. The van der Waals surface area contributed by atoms with Gasteiger partial charge in [0.05, 0.1) is 0 Å². The van der Waals surface area contributed by atoms with E-state index in [1.807, 2.05) is 4.68 Å². The summed E-state index contributed by atoms with van der Waals surface area (Å²) in [6, 6.07) is 0.602. The highest BCUT2D eigenvalue weighted by Gasteiger charge is 1.94. The summed E-state index contributed by atoms with van der Waals surface area (Å²) in [5, 5.41) is 7.46. The van der Waals surface area contributed by atoms with Crippen LogP contribution in [-0.2, 0) is 6.54 Å². The number of hydrogen-bond acceptors (Lipinski definition) is 3. The van der Waals surface area contributed by atoms with E-state index in [0.717, 1.165) is 13.1 Å². The molecule has 0 aromatic carbocycles. The van der Waals surface area contributed by atoms with Crippen molar-refractivity contribution < 1.29 is 0 Å². The molecule has 0 bridgehead atoms. The van der Waals surface area contributed by atoms with E-state index < -0.39 is 0 Å². The Labute approximate surface area is 85.7 Å². The Bertz CT molecular complexity index is 218. The number of nitrogens with one attached hydrogen (secondary N) is 1. The van der Waals surface area contributed by atoms with Gasteiger partial charge in [-0.25, -0.2) is 4.98 Å². The first-order chi connectivity index (χ1) is 6.79. The van der Waals surface area contributed by atoms with Crippen LogP contribution in [0.3, 0.4) is 0 Å². The Morgan fingerprint density at radius 1 is 1.29 bits per heavy atom. The minimum absolute atomic E-state index is 0.602. The molecular formula is C10H20N4. The fourth-order valence-electron chi connectivity index (χ4n) is 1.31. The summed E-state index contributed by atoms with van der Waals surface area (Å²) in [6.07, 6.45) is 7.03. The van der Waals surface area contributed by atoms with Crippen molar-refractivity contribution in [2.24, 2.45) is 0 Å². The predicted molar refractivity (Wildman–Crippen MR) is 57.0 cm³/mol. The molecule has 1 rings (SSSR count). The van der Waals surface area contributed by atoms with Crippen LogP contribution in [-0.4, -0.2) is 27.4 Å². The maximum Gasteiger partial charge on any atom is 0.137 e. The van der Waals surface area contributed by atoms with Gasteiger partial charge in [0.15, 0.2) is 0 Å². The molecule has 0 amide bonds. The van der Waals surface area contributed by atoms with Gasteiger partial charge in [-0.1, -0.05) is 20.3 Å². The normalized spacial score (nSPS) is 11.1. The number of unbranched alkanes of at least 4 members (excludes halogenated alkanes) is 2. The van der Waals surface area contributed by atoms with E-state index in [9.17, 15) is 0 Å². The highest BCUT2D eigenvalue weighted by Crippen LogP contribution is 1.97. The summed E-state index contributed by atoms with van der Waals surface area (Å²) in [6.45, 7) is 6.46. The van der Waals surface area contributed by atoms with E-state index in [4.69, 9.17) is 0 Å². The Hall–Kier alpha value is -0.900. The summed E-state index contributed by atoms with van der Waals surface area (Å²) < 4.78 is 1.88. The van der Waals surface area contributed by atoms with Gasteiger partial charge in [-0.15, -0.1) is 0 Å². The van der Waals surface area contributed by atoms with E-state index in [0.29, 0.717) is 6.04 Å². The molecule has 1 aromatic heterocycles. The molecule has 0 saturated heterocycles. The largest absolute Gasteiger partial charge is 0.315 e. The lowest BCUT2D eigenvalue weighted by molar-refractivity contribution is 0.510. The van der Waals surface area contributed by atoms with Crippen LogP contribution in [0.5, 0.6) is 0 Å². The van der Waals surface area contributed by atoms with Gasteiger partial charge in [0, 0.05) is 12.6 Å². The quantitative estimate of drug-likeness (QED) is 0.671. The predicted octanol–water partition coefficient (Wildman–Crippen LogP) is 1.45. The summed E-state index contributed by atoms with van der Waals surface area (Å²) in [5.41, 5.74) is 0. The van der Waals surface area contributed by atoms with Gasteiger partial charge in [-0.05, 0) is 19.4 Å². The molecule has 0 spiro atoms. The Morgan fingerprint density at radius 2 is 2.14 bits per heavy atom. The number of nitrogens with zero attached hydrogens (tertiary/aromatic N) is 3. The Morgan fingerprint density at radius 3 is 2.79 bits per heavy atom. The zero-order chi connectivity index (χ0) is 10.2. The lowest BCUT2D eigenvalue weighted by Crippen LogP contribution is -2.23. The SMILES string of the molecule is CC(C)NCCCCCn1cncn1. The smallest absolute Gasteiger partial charge is 0.137 e. The molecule has 0 saturated carbocycles. The maximum atomic E-state index is 4.05. The van der Waals surface area contributed by atoms with Crippen LogP contribution in [0.15, 0.2) is 12.7 Å². The average molecular weight is 196 g/mol. The molecule has 0 unspecified atom stereocenters. The van der Waals surface area contributed by atoms with Crippen molar-refractivity contribution in [3.05, 3.63) is 12.7 Å². The van der Waals surface area contributed by atoms with Crippen molar-refractivity contribution in [1.82, 2.24) is 20.1 Å². The average Bonchev–Trinajstić information content (AvgIpc) is 2.63. The molecule has 0 fully saturated rings. The molecule has 0 atom stereocenters. The third-order valence-electron chi connectivity index (χ3n) is 2.08. The van der Waals surface area contributed by atoms with Gasteiger partial charge in [0.2, 0.25) is 0 Å². The van der Waals surface area contributed by atoms with Crippen LogP contribution in [0.1, 0.15) is 33.1 Å². The molecule has 4 heteroatoms. The zero-order valence-corrected chi connectivity index (χ0v) is 9.11. The van der Waals surface area contributed by atoms with Gasteiger partial charge < -0.3 is 5.32 Å². The van der Waals surface area contributed by atoms with Crippen LogP contribution in [0.25, 0.3) is 0 Å². The maximum absolute atomic E-state index is 4.05. The zero-order valence-electron chi connectivity index (χ0n) is 9.11. The van der Waals surface area contributed by atoms with Crippen molar-refractivity contribution in [3.8, 4) is 0 Å². The second kappa shape index (κ2) is 6.54. The van der Waals surface area contributed by atoms with Crippen LogP contribution in [0, 0.1) is 0 Å². The van der Waals surface area contributed by atoms with Gasteiger partial charge in [-0.2, -0.15) is 5.10 Å². The molecular weight excluding hydrogens is 176 g/mol. The second-order valence-electron chi connectivity index (χ2n) is 3.83. The van der Waals surface area contributed by atoms with Crippen LogP contribution in [0.4, 0.5) is 0 Å². The van der Waals surface area contributed by atoms with Crippen molar-refractivity contribution in [1.29, 1.82) is 0 Å². The molecule has 14 heavy (non-hydrogen) atoms. The van der Waals surface area contributed by atoms with Crippen LogP contribution < -0.4 is 5.32 Å². The molecule has 0 radical (unpaired) electrons. The van der Waals surface area contributed by atoms with Crippen molar-refractivity contribution >= 4 is 0 Å². The van der Waals surface area contributed by atoms with Gasteiger partial charge in [0.25, 0.3) is 0 Å². The molecule has 80 valence electrons. The minimum Gasteiger partial charge on any atom is -0.315 e. The summed E-state index contributed by atoms with van der Waals surface area (Å²) in [5.74, 6) is 0. The summed E-state index contributed by atoms with van der Waals surface area (Å²) >= 11 is 0. The third kappa shape index (κ3) is 4.97. The van der Waals surface area contributed by atoms with E-state index in [2.05, 4.69) is 29.2 Å². The molecule has 4 nitrogen and oxygen atoms in total. The van der Waals surface area contributed by atoms with Crippen molar-refractivity contribution in [2.75, 3.05) is 6.54 Å². The Balaban J connectivity index is 1.90. The number of aromatic nitrogens is 3. The van der Waals surface area contributed by atoms with Crippen LogP contribution in [0.2, 0.25) is 0 Å². The highest BCUT2D eigenvalue weighted by atomic mass is 15.3. The van der Waals surface area contributed by atoms with Gasteiger partial charge >= 0.3 is 0 Å². The first kappa shape index (κ1) is 11.2. The topological polar surface area (TPSA) is 42.7 Å². The highest BCUT2D eigenvalue weighted by molar-refractivity contribution is 4.57. The molecule has 1 heterocycles. The van der Waals surface area contributed by atoms with E-state index in [1.54, 1.807) is 12.7 Å².